The monoisotopic (exact) mass is 356 g/mol. The second kappa shape index (κ2) is 7.53. The maximum atomic E-state index is 12.4. The Balaban J connectivity index is 1.60. The van der Waals surface area contributed by atoms with Crippen molar-refractivity contribution in [3.63, 3.8) is 0 Å². The van der Waals surface area contributed by atoms with E-state index in [0.29, 0.717) is 6.54 Å². The quantitative estimate of drug-likeness (QED) is 0.672. The molecule has 3 rings (SSSR count). The van der Waals surface area contributed by atoms with Crippen LogP contribution in [-0.4, -0.2) is 29.9 Å². The maximum absolute atomic E-state index is 12.4. The first-order chi connectivity index (χ1) is 12.0. The normalized spacial score (nSPS) is 10.7. The van der Waals surface area contributed by atoms with Gasteiger partial charge in [0.15, 0.2) is 10.8 Å². The number of thiazole rings is 1. The molecule has 25 heavy (non-hydrogen) atoms. The van der Waals surface area contributed by atoms with Crippen LogP contribution in [0.25, 0.3) is 10.8 Å². The van der Waals surface area contributed by atoms with Crippen molar-refractivity contribution < 1.29 is 13.9 Å². The van der Waals surface area contributed by atoms with Crippen LogP contribution in [0.2, 0.25) is 0 Å². The summed E-state index contributed by atoms with van der Waals surface area (Å²) in [7, 11) is 3.44. The van der Waals surface area contributed by atoms with Gasteiger partial charge in [0.25, 0.3) is 0 Å². The number of hydrogen-bond donors (Lipinski definition) is 0. The summed E-state index contributed by atoms with van der Waals surface area (Å²) < 4.78 is 10.7. The average molecular weight is 356 g/mol. The van der Waals surface area contributed by atoms with Crippen LogP contribution >= 0.6 is 11.3 Å². The van der Waals surface area contributed by atoms with E-state index >= 15 is 0 Å². The lowest BCUT2D eigenvalue weighted by Gasteiger charge is -2.17. The highest BCUT2D eigenvalue weighted by molar-refractivity contribution is 7.13. The van der Waals surface area contributed by atoms with Crippen LogP contribution in [0.3, 0.4) is 0 Å². The highest BCUT2D eigenvalue weighted by atomic mass is 32.1. The molecule has 3 aromatic rings. The van der Waals surface area contributed by atoms with Crippen molar-refractivity contribution in [3.8, 4) is 16.5 Å². The van der Waals surface area contributed by atoms with Crippen LogP contribution in [-0.2, 0) is 17.8 Å². The van der Waals surface area contributed by atoms with Crippen molar-refractivity contribution in [1.82, 2.24) is 9.88 Å². The molecule has 0 aliphatic rings. The Morgan fingerprint density at radius 3 is 2.64 bits per heavy atom. The Kier molecular flexibility index (Phi) is 5.19. The molecule has 0 saturated heterocycles. The van der Waals surface area contributed by atoms with E-state index in [1.54, 1.807) is 19.1 Å². The summed E-state index contributed by atoms with van der Waals surface area (Å²) in [6.07, 6.45) is 0.281. The van der Waals surface area contributed by atoms with E-state index in [1.165, 1.54) is 11.3 Å². The molecule has 0 fully saturated rings. The van der Waals surface area contributed by atoms with Crippen molar-refractivity contribution >= 4 is 17.2 Å². The van der Waals surface area contributed by atoms with E-state index in [4.69, 9.17) is 9.15 Å². The predicted molar refractivity (Wildman–Crippen MR) is 97.7 cm³/mol. The third-order valence-corrected chi connectivity index (χ3v) is 4.75. The van der Waals surface area contributed by atoms with Gasteiger partial charge in [0.2, 0.25) is 5.91 Å². The van der Waals surface area contributed by atoms with Gasteiger partial charge in [-0.3, -0.25) is 4.79 Å². The largest absolute Gasteiger partial charge is 0.497 e. The third-order valence-electron chi connectivity index (χ3n) is 3.84. The summed E-state index contributed by atoms with van der Waals surface area (Å²) in [6, 6.07) is 11.5. The smallest absolute Gasteiger partial charge is 0.228 e. The summed E-state index contributed by atoms with van der Waals surface area (Å²) in [5.74, 6) is 2.43. The van der Waals surface area contributed by atoms with Gasteiger partial charge in [-0.2, -0.15) is 0 Å². The second-order valence-electron chi connectivity index (χ2n) is 5.83. The first kappa shape index (κ1) is 17.2. The number of furan rings is 1. The number of methoxy groups -OCH3 is 1. The van der Waals surface area contributed by atoms with Gasteiger partial charge in [-0.25, -0.2) is 4.98 Å². The number of nitrogens with zero attached hydrogens (tertiary/aromatic N) is 2. The Morgan fingerprint density at radius 1 is 1.24 bits per heavy atom. The highest BCUT2D eigenvalue weighted by Gasteiger charge is 2.14. The predicted octanol–water partition coefficient (Wildman–Crippen LogP) is 3.92. The summed E-state index contributed by atoms with van der Waals surface area (Å²) in [5, 5.41) is 2.71. The number of benzene rings is 1. The van der Waals surface area contributed by atoms with Crippen LogP contribution < -0.4 is 4.74 Å². The van der Waals surface area contributed by atoms with Crippen molar-refractivity contribution in [3.05, 3.63) is 58.8 Å². The Labute approximate surface area is 150 Å². The van der Waals surface area contributed by atoms with Gasteiger partial charge in [-0.05, 0) is 36.8 Å². The minimum atomic E-state index is 0.0308. The second-order valence-corrected chi connectivity index (χ2v) is 6.69. The lowest BCUT2D eigenvalue weighted by molar-refractivity contribution is -0.129. The molecule has 0 atom stereocenters. The van der Waals surface area contributed by atoms with Crippen LogP contribution in [0.5, 0.6) is 5.75 Å². The molecule has 2 heterocycles. The fraction of sp³-hybridized carbons (Fsp3) is 0.263. The van der Waals surface area contributed by atoms with Crippen LogP contribution in [0.15, 0.2) is 46.2 Å². The van der Waals surface area contributed by atoms with Gasteiger partial charge in [-0.15, -0.1) is 11.3 Å². The third kappa shape index (κ3) is 4.28. The lowest BCUT2D eigenvalue weighted by Crippen LogP contribution is -2.27. The van der Waals surface area contributed by atoms with Crippen LogP contribution in [0, 0.1) is 6.92 Å². The first-order valence-corrected chi connectivity index (χ1v) is 8.81. The summed E-state index contributed by atoms with van der Waals surface area (Å²) in [6.45, 7) is 2.45. The summed E-state index contributed by atoms with van der Waals surface area (Å²) in [5.41, 5.74) is 1.82. The minimum absolute atomic E-state index is 0.0308. The van der Waals surface area contributed by atoms with Crippen molar-refractivity contribution in [2.24, 2.45) is 0 Å². The molecule has 0 spiro atoms. The molecule has 1 amide bonds. The Hall–Kier alpha value is -2.60. The number of rotatable bonds is 6. The highest BCUT2D eigenvalue weighted by Crippen LogP contribution is 2.25. The van der Waals surface area contributed by atoms with E-state index in [2.05, 4.69) is 4.98 Å². The Bertz CT molecular complexity index is 852. The SMILES string of the molecule is COc1ccc(CN(C)C(=O)Cc2csc(-c3ccc(C)o3)n2)cc1. The maximum Gasteiger partial charge on any atom is 0.228 e. The number of amides is 1. The number of carbonyl (C=O) groups excluding carboxylic acids is 1. The van der Waals surface area contributed by atoms with Gasteiger partial charge in [-0.1, -0.05) is 12.1 Å². The van der Waals surface area contributed by atoms with Crippen LogP contribution in [0.1, 0.15) is 17.0 Å². The molecule has 0 bridgehead atoms. The standard InChI is InChI=1S/C19H20N2O3S/c1-13-4-9-17(24-13)19-20-15(12-25-19)10-18(22)21(2)11-14-5-7-16(23-3)8-6-14/h4-9,12H,10-11H2,1-3H3. The fourth-order valence-electron chi connectivity index (χ4n) is 2.43. The molecule has 5 nitrogen and oxygen atoms in total. The number of aryl methyl sites for hydroxylation is 1. The number of aromatic nitrogens is 1. The van der Waals surface area contributed by atoms with E-state index in [0.717, 1.165) is 33.5 Å². The fourth-order valence-corrected chi connectivity index (χ4v) is 3.21. The molecule has 2 aromatic heterocycles. The summed E-state index contributed by atoms with van der Waals surface area (Å²) >= 11 is 1.49. The molecule has 0 aliphatic carbocycles. The zero-order valence-corrected chi connectivity index (χ0v) is 15.3. The first-order valence-electron chi connectivity index (χ1n) is 7.93. The van der Waals surface area contributed by atoms with E-state index in [9.17, 15) is 4.79 Å². The topological polar surface area (TPSA) is 55.6 Å². The van der Waals surface area contributed by atoms with E-state index in [-0.39, 0.29) is 12.3 Å². The van der Waals surface area contributed by atoms with Crippen LogP contribution in [0.4, 0.5) is 0 Å². The molecule has 6 heteroatoms. The molecule has 0 radical (unpaired) electrons. The molecular weight excluding hydrogens is 336 g/mol. The average Bonchev–Trinajstić information content (AvgIpc) is 3.24. The molecule has 0 N–H and O–H groups in total. The van der Waals surface area contributed by atoms with Gasteiger partial charge in [0, 0.05) is 19.0 Å². The van der Waals surface area contributed by atoms with Gasteiger partial charge in [0.1, 0.15) is 11.5 Å². The van der Waals surface area contributed by atoms with E-state index in [1.807, 2.05) is 48.7 Å². The molecule has 0 saturated carbocycles. The molecule has 130 valence electrons. The molecular formula is C19H20N2O3S. The zero-order chi connectivity index (χ0) is 17.8. The van der Waals surface area contributed by atoms with Crippen molar-refractivity contribution in [2.75, 3.05) is 14.2 Å². The Morgan fingerprint density at radius 2 is 2.00 bits per heavy atom. The summed E-state index contributed by atoms with van der Waals surface area (Å²) in [4.78, 5) is 18.6. The molecule has 1 aromatic carbocycles. The number of carbonyl (C=O) groups is 1. The van der Waals surface area contributed by atoms with Crippen molar-refractivity contribution in [2.45, 2.75) is 19.9 Å². The van der Waals surface area contributed by atoms with Gasteiger partial charge < -0.3 is 14.1 Å². The zero-order valence-electron chi connectivity index (χ0n) is 14.5. The number of hydrogen-bond acceptors (Lipinski definition) is 5. The molecule has 0 aliphatic heterocycles. The number of ether oxygens (including phenoxy) is 1. The minimum Gasteiger partial charge on any atom is -0.497 e. The molecule has 0 unspecified atom stereocenters. The van der Waals surface area contributed by atoms with E-state index < -0.39 is 0 Å². The number of likely N-dealkylation sites (N-methyl/N-ethyl adjacent to an activating group) is 1. The van der Waals surface area contributed by atoms with Crippen molar-refractivity contribution in [1.29, 1.82) is 0 Å². The van der Waals surface area contributed by atoms with Gasteiger partial charge >= 0.3 is 0 Å². The lowest BCUT2D eigenvalue weighted by atomic mass is 10.2. The van der Waals surface area contributed by atoms with Gasteiger partial charge in [0.05, 0.1) is 19.2 Å².